The minimum absolute atomic E-state index is 0.223. The molecule has 94 valence electrons. The Bertz CT molecular complexity index is 215. The number of amides is 1. The Labute approximate surface area is 107 Å². The maximum absolute atomic E-state index is 11.8. The molecule has 1 aliphatic heterocycles. The van der Waals surface area contributed by atoms with Crippen LogP contribution in [0.1, 0.15) is 39.0 Å². The molecule has 1 aliphatic rings. The van der Waals surface area contributed by atoms with E-state index in [2.05, 4.69) is 15.9 Å². The first-order valence-electron chi connectivity index (χ1n) is 6.09. The van der Waals surface area contributed by atoms with Crippen LogP contribution in [-0.2, 0) is 9.53 Å². The molecule has 0 N–H and O–H groups in total. The summed E-state index contributed by atoms with van der Waals surface area (Å²) in [6, 6.07) is 0. The Morgan fingerprint density at radius 1 is 1.56 bits per heavy atom. The van der Waals surface area contributed by atoms with Crippen molar-refractivity contribution < 1.29 is 9.53 Å². The van der Waals surface area contributed by atoms with Crippen LogP contribution >= 0.6 is 15.9 Å². The molecule has 16 heavy (non-hydrogen) atoms. The first-order chi connectivity index (χ1) is 7.59. The largest absolute Gasteiger partial charge is 0.378 e. The van der Waals surface area contributed by atoms with Gasteiger partial charge in [-0.15, -0.1) is 0 Å². The van der Waals surface area contributed by atoms with Gasteiger partial charge in [0.15, 0.2) is 0 Å². The number of hydrogen-bond acceptors (Lipinski definition) is 2. The summed E-state index contributed by atoms with van der Waals surface area (Å²) < 4.78 is 5.61. The van der Waals surface area contributed by atoms with Crippen LogP contribution in [-0.4, -0.2) is 41.9 Å². The van der Waals surface area contributed by atoms with Crippen molar-refractivity contribution in [1.29, 1.82) is 0 Å². The van der Waals surface area contributed by atoms with Gasteiger partial charge in [-0.3, -0.25) is 4.79 Å². The molecule has 1 saturated heterocycles. The molecule has 0 aromatic rings. The number of hydrogen-bond donors (Lipinski definition) is 0. The van der Waals surface area contributed by atoms with Gasteiger partial charge in [-0.1, -0.05) is 22.9 Å². The molecule has 1 rings (SSSR count). The second kappa shape index (κ2) is 7.28. The lowest BCUT2D eigenvalue weighted by Gasteiger charge is -2.24. The fourth-order valence-electron chi connectivity index (χ4n) is 1.99. The molecule has 0 radical (unpaired) electrons. The molecule has 0 aromatic heterocycles. The van der Waals surface area contributed by atoms with Crippen LogP contribution in [0.3, 0.4) is 0 Å². The van der Waals surface area contributed by atoms with Crippen LogP contribution in [0.4, 0.5) is 0 Å². The molecule has 3 nitrogen and oxygen atoms in total. The average Bonchev–Trinajstić information content (AvgIpc) is 2.26. The Kier molecular flexibility index (Phi) is 6.36. The molecular weight excluding hydrogens is 270 g/mol. The number of alkyl halides is 1. The van der Waals surface area contributed by atoms with E-state index in [1.807, 2.05) is 14.0 Å². The Balaban J connectivity index is 2.17. The van der Waals surface area contributed by atoms with E-state index in [0.717, 1.165) is 26.0 Å². The quantitative estimate of drug-likeness (QED) is 0.729. The van der Waals surface area contributed by atoms with Gasteiger partial charge in [-0.05, 0) is 25.7 Å². The second-order valence-corrected chi connectivity index (χ2v) is 6.15. The Morgan fingerprint density at radius 3 is 2.88 bits per heavy atom. The normalized spacial score (nSPS) is 22.8. The molecule has 1 fully saturated rings. The van der Waals surface area contributed by atoms with E-state index < -0.39 is 0 Å². The number of nitrogens with zero attached hydrogens (tertiary/aromatic N) is 1. The monoisotopic (exact) mass is 291 g/mol. The summed E-state index contributed by atoms with van der Waals surface area (Å²) in [6.45, 7) is 3.69. The fourth-order valence-corrected chi connectivity index (χ4v) is 2.42. The maximum Gasteiger partial charge on any atom is 0.222 e. The molecule has 0 saturated carbocycles. The van der Waals surface area contributed by atoms with E-state index >= 15 is 0 Å². The zero-order chi connectivity index (χ0) is 12.0. The molecule has 0 spiro atoms. The summed E-state index contributed by atoms with van der Waals surface area (Å²) in [6.07, 6.45) is 5.33. The summed E-state index contributed by atoms with van der Waals surface area (Å²) in [5, 5.41) is 0. The first kappa shape index (κ1) is 14.0. The number of halogens is 1. The third kappa shape index (κ3) is 5.30. The number of ether oxygens (including phenoxy) is 1. The molecule has 0 aliphatic carbocycles. The van der Waals surface area contributed by atoms with Crippen LogP contribution < -0.4 is 0 Å². The van der Waals surface area contributed by atoms with Crippen molar-refractivity contribution >= 4 is 21.8 Å². The number of carbonyl (C=O) groups excluding carboxylic acids is 1. The lowest BCUT2D eigenvalue weighted by Crippen LogP contribution is -2.32. The van der Waals surface area contributed by atoms with Crippen molar-refractivity contribution in [3.05, 3.63) is 0 Å². The molecule has 0 bridgehead atoms. The summed E-state index contributed by atoms with van der Waals surface area (Å²) in [5.41, 5.74) is 0. The van der Waals surface area contributed by atoms with Crippen molar-refractivity contribution in [2.75, 3.05) is 20.2 Å². The third-order valence-electron chi connectivity index (χ3n) is 2.91. The second-order valence-electron chi connectivity index (χ2n) is 4.58. The van der Waals surface area contributed by atoms with Crippen LogP contribution in [0.15, 0.2) is 0 Å². The van der Waals surface area contributed by atoms with E-state index in [4.69, 9.17) is 4.74 Å². The Morgan fingerprint density at radius 2 is 2.31 bits per heavy atom. The first-order valence-corrected chi connectivity index (χ1v) is 7.01. The van der Waals surface area contributed by atoms with Crippen LogP contribution in [0, 0.1) is 0 Å². The van der Waals surface area contributed by atoms with E-state index in [9.17, 15) is 4.79 Å². The average molecular weight is 292 g/mol. The van der Waals surface area contributed by atoms with E-state index in [1.54, 1.807) is 4.90 Å². The van der Waals surface area contributed by atoms with Gasteiger partial charge in [0, 0.05) is 31.4 Å². The lowest BCUT2D eigenvalue weighted by atomic mass is 10.0. The SMILES string of the molecule is CC(Br)CN(C)C(=O)CCC1CCCCO1. The van der Waals surface area contributed by atoms with Crippen molar-refractivity contribution in [3.63, 3.8) is 0 Å². The third-order valence-corrected chi connectivity index (χ3v) is 3.19. The van der Waals surface area contributed by atoms with Gasteiger partial charge in [-0.25, -0.2) is 0 Å². The smallest absolute Gasteiger partial charge is 0.222 e. The molecule has 4 heteroatoms. The molecule has 2 unspecified atom stereocenters. The van der Waals surface area contributed by atoms with Gasteiger partial charge in [0.1, 0.15) is 0 Å². The number of carbonyl (C=O) groups is 1. The van der Waals surface area contributed by atoms with Gasteiger partial charge in [0.05, 0.1) is 6.10 Å². The summed E-state index contributed by atoms with van der Waals surface area (Å²) >= 11 is 3.45. The van der Waals surface area contributed by atoms with Gasteiger partial charge in [0.25, 0.3) is 0 Å². The van der Waals surface area contributed by atoms with Crippen LogP contribution in [0.2, 0.25) is 0 Å². The van der Waals surface area contributed by atoms with Crippen molar-refractivity contribution in [3.8, 4) is 0 Å². The van der Waals surface area contributed by atoms with Gasteiger partial charge < -0.3 is 9.64 Å². The predicted octanol–water partition coefficient (Wildman–Crippen LogP) is 2.58. The molecule has 0 aromatic carbocycles. The molecule has 2 atom stereocenters. The van der Waals surface area contributed by atoms with Crippen LogP contribution in [0.5, 0.6) is 0 Å². The van der Waals surface area contributed by atoms with Crippen LogP contribution in [0.25, 0.3) is 0 Å². The molecule has 1 heterocycles. The van der Waals surface area contributed by atoms with Gasteiger partial charge >= 0.3 is 0 Å². The predicted molar refractivity (Wildman–Crippen MR) is 68.9 cm³/mol. The summed E-state index contributed by atoms with van der Waals surface area (Å²) in [5.74, 6) is 0.223. The van der Waals surface area contributed by atoms with Crippen molar-refractivity contribution in [2.24, 2.45) is 0 Å². The van der Waals surface area contributed by atoms with Crippen molar-refractivity contribution in [1.82, 2.24) is 4.90 Å². The van der Waals surface area contributed by atoms with E-state index in [0.29, 0.717) is 17.4 Å². The highest BCUT2D eigenvalue weighted by Gasteiger charge is 2.17. The Hall–Kier alpha value is -0.0900. The topological polar surface area (TPSA) is 29.5 Å². The zero-order valence-electron chi connectivity index (χ0n) is 10.2. The summed E-state index contributed by atoms with van der Waals surface area (Å²) in [4.78, 5) is 13.9. The highest BCUT2D eigenvalue weighted by Crippen LogP contribution is 2.17. The van der Waals surface area contributed by atoms with E-state index in [-0.39, 0.29) is 5.91 Å². The number of rotatable bonds is 5. The fraction of sp³-hybridized carbons (Fsp3) is 0.917. The van der Waals surface area contributed by atoms with E-state index in [1.165, 1.54) is 12.8 Å². The summed E-state index contributed by atoms with van der Waals surface area (Å²) in [7, 11) is 1.86. The minimum Gasteiger partial charge on any atom is -0.378 e. The molecular formula is C12H22BrNO2. The maximum atomic E-state index is 11.8. The lowest BCUT2D eigenvalue weighted by molar-refractivity contribution is -0.130. The highest BCUT2D eigenvalue weighted by molar-refractivity contribution is 9.09. The molecule has 1 amide bonds. The van der Waals surface area contributed by atoms with Gasteiger partial charge in [-0.2, -0.15) is 0 Å². The standard InChI is InChI=1S/C12H22BrNO2/c1-10(13)9-14(2)12(15)7-6-11-5-3-4-8-16-11/h10-11H,3-9H2,1-2H3. The van der Waals surface area contributed by atoms with Gasteiger partial charge in [0.2, 0.25) is 5.91 Å². The van der Waals surface area contributed by atoms with Crippen molar-refractivity contribution in [2.45, 2.75) is 50.0 Å². The highest BCUT2D eigenvalue weighted by atomic mass is 79.9. The minimum atomic E-state index is 0.223. The zero-order valence-corrected chi connectivity index (χ0v) is 11.8.